The summed E-state index contributed by atoms with van der Waals surface area (Å²) in [4.78, 5) is 0. The molecule has 0 unspecified atom stereocenters. The van der Waals surface area contributed by atoms with Gasteiger partial charge in [-0.05, 0) is 26.9 Å². The Kier molecular flexibility index (Phi) is 39.0. The molecule has 0 bridgehead atoms. The van der Waals surface area contributed by atoms with Crippen LogP contribution in [-0.4, -0.2) is 26.3 Å². The van der Waals surface area contributed by atoms with Gasteiger partial charge in [0.05, 0.1) is 0 Å². The molecule has 0 aromatic heterocycles. The van der Waals surface area contributed by atoms with Crippen LogP contribution in [-0.2, 0) is 4.74 Å². The molecule has 0 saturated carbocycles. The van der Waals surface area contributed by atoms with Crippen LogP contribution in [0.4, 0.5) is 0 Å². The Morgan fingerprint density at radius 3 is 1.12 bits per heavy atom. The fourth-order valence-electron chi connectivity index (χ4n) is 0.954. The molecule has 0 spiro atoms. The van der Waals surface area contributed by atoms with Crippen molar-refractivity contribution in [2.45, 2.75) is 67.2 Å². The largest absolute Gasteiger partial charge is 0.382 e. The van der Waals surface area contributed by atoms with Crippen LogP contribution in [0.25, 0.3) is 0 Å². The maximum Gasteiger partial charge on any atom is 0.0437 e. The lowest BCUT2D eigenvalue weighted by molar-refractivity contribution is 0.162. The first kappa shape index (κ1) is 21.2. The van der Waals surface area contributed by atoms with Gasteiger partial charge < -0.3 is 10.1 Å². The van der Waals surface area contributed by atoms with Gasteiger partial charge in [-0.15, -0.1) is 0 Å². The van der Waals surface area contributed by atoms with Crippen LogP contribution < -0.4 is 5.32 Å². The summed E-state index contributed by atoms with van der Waals surface area (Å²) in [5, 5.41) is 3.11. The minimum absolute atomic E-state index is 0.844. The molecule has 0 aromatic rings. The van der Waals surface area contributed by atoms with Crippen LogP contribution in [0.15, 0.2) is 0 Å². The van der Waals surface area contributed by atoms with Crippen LogP contribution in [0.3, 0.4) is 0 Å². The second kappa shape index (κ2) is 29.4. The summed E-state index contributed by atoms with van der Waals surface area (Å²) in [5.74, 6) is 0. The first-order chi connectivity index (χ1) is 7.74. The molecule has 0 saturated heterocycles. The Morgan fingerprint density at radius 1 is 0.688 bits per heavy atom. The first-order valence-electron chi connectivity index (χ1n) is 7.03. The maximum atomic E-state index is 4.83. The van der Waals surface area contributed by atoms with Gasteiger partial charge in [-0.2, -0.15) is 0 Å². The Bertz CT molecular complexity index is 63.1. The van der Waals surface area contributed by atoms with E-state index in [1.165, 1.54) is 25.7 Å². The van der Waals surface area contributed by atoms with Crippen molar-refractivity contribution in [3.05, 3.63) is 0 Å². The van der Waals surface area contributed by atoms with Gasteiger partial charge in [-0.3, -0.25) is 0 Å². The van der Waals surface area contributed by atoms with E-state index in [2.05, 4.69) is 33.0 Å². The fraction of sp³-hybridized carbons (Fsp3) is 1.00. The monoisotopic (exact) mass is 233 g/mol. The highest BCUT2D eigenvalue weighted by Crippen LogP contribution is 1.95. The van der Waals surface area contributed by atoms with Crippen LogP contribution in [0.1, 0.15) is 67.2 Å². The van der Waals surface area contributed by atoms with E-state index in [1.54, 1.807) is 0 Å². The average Bonchev–Trinajstić information content (AvgIpc) is 2.30. The van der Waals surface area contributed by atoms with Crippen LogP contribution in [0.2, 0.25) is 0 Å². The zero-order valence-corrected chi connectivity index (χ0v) is 12.6. The quantitative estimate of drug-likeness (QED) is 0.664. The van der Waals surface area contributed by atoms with Crippen LogP contribution in [0.5, 0.6) is 0 Å². The van der Waals surface area contributed by atoms with Crippen molar-refractivity contribution < 1.29 is 4.74 Å². The lowest BCUT2D eigenvalue weighted by Crippen LogP contribution is -2.09. The summed E-state index contributed by atoms with van der Waals surface area (Å²) in [5.41, 5.74) is 0. The molecule has 16 heavy (non-hydrogen) atoms. The van der Waals surface area contributed by atoms with Gasteiger partial charge in [0.2, 0.25) is 0 Å². The Morgan fingerprint density at radius 2 is 1.06 bits per heavy atom. The van der Waals surface area contributed by atoms with E-state index in [-0.39, 0.29) is 0 Å². The van der Waals surface area contributed by atoms with E-state index in [1.807, 2.05) is 13.8 Å². The topological polar surface area (TPSA) is 21.3 Å². The van der Waals surface area contributed by atoms with Gasteiger partial charge in [-0.1, -0.05) is 53.4 Å². The van der Waals surface area contributed by atoms with Crippen molar-refractivity contribution in [2.75, 3.05) is 26.3 Å². The number of nitrogens with one attached hydrogen (secondary N) is 1. The van der Waals surface area contributed by atoms with Crippen molar-refractivity contribution in [3.8, 4) is 0 Å². The molecule has 0 aromatic carbocycles. The van der Waals surface area contributed by atoms with Gasteiger partial charge in [0.15, 0.2) is 0 Å². The third-order valence-electron chi connectivity index (χ3n) is 1.87. The molecule has 2 heteroatoms. The fourth-order valence-corrected chi connectivity index (χ4v) is 0.954. The first-order valence-corrected chi connectivity index (χ1v) is 7.03. The maximum absolute atomic E-state index is 4.83. The van der Waals surface area contributed by atoms with E-state index in [0.29, 0.717) is 0 Å². The summed E-state index contributed by atoms with van der Waals surface area (Å²) in [6.07, 6.45) is 5.54. The normalized spacial score (nSPS) is 8.62. The van der Waals surface area contributed by atoms with Crippen molar-refractivity contribution in [1.82, 2.24) is 5.32 Å². The SMILES string of the molecule is CCCCCC.CCNCC.CCOCC. The number of unbranched alkanes of at least 4 members (excludes halogenated alkanes) is 3. The molecule has 0 aliphatic carbocycles. The van der Waals surface area contributed by atoms with E-state index in [0.717, 1.165) is 26.3 Å². The molecule has 0 fully saturated rings. The highest BCUT2D eigenvalue weighted by molar-refractivity contribution is 4.31. The number of hydrogen-bond donors (Lipinski definition) is 1. The lowest BCUT2D eigenvalue weighted by Gasteiger charge is -1.86. The van der Waals surface area contributed by atoms with E-state index in [9.17, 15) is 0 Å². The number of hydrogen-bond acceptors (Lipinski definition) is 2. The van der Waals surface area contributed by atoms with Gasteiger partial charge in [-0.25, -0.2) is 0 Å². The molecule has 0 amide bonds. The zero-order chi connectivity index (χ0) is 13.1. The predicted octanol–water partition coefficient (Wildman–Crippen LogP) is 4.25. The molecule has 0 radical (unpaired) electrons. The number of ether oxygens (including phenoxy) is 1. The van der Waals surface area contributed by atoms with Crippen LogP contribution in [0, 0.1) is 0 Å². The standard InChI is InChI=1S/C6H14.C4H11N.C4H10O/c1-3-5-6-4-2;2*1-3-5-4-2/h3-6H2,1-2H3;5H,3-4H2,1-2H3;3-4H2,1-2H3. The van der Waals surface area contributed by atoms with E-state index in [4.69, 9.17) is 4.74 Å². The lowest BCUT2D eigenvalue weighted by atomic mass is 10.2. The van der Waals surface area contributed by atoms with Gasteiger partial charge in [0, 0.05) is 13.2 Å². The van der Waals surface area contributed by atoms with Crippen molar-refractivity contribution >= 4 is 0 Å². The summed E-state index contributed by atoms with van der Waals surface area (Å²) >= 11 is 0. The smallest absolute Gasteiger partial charge is 0.0437 e. The Hall–Kier alpha value is -0.0800. The summed E-state index contributed by atoms with van der Waals surface area (Å²) in [6.45, 7) is 16.5. The van der Waals surface area contributed by atoms with Crippen molar-refractivity contribution in [3.63, 3.8) is 0 Å². The molecule has 0 aliphatic heterocycles. The molecule has 0 aliphatic rings. The van der Waals surface area contributed by atoms with Gasteiger partial charge in [0.1, 0.15) is 0 Å². The molecule has 0 rings (SSSR count). The molecule has 102 valence electrons. The Labute approximate surface area is 104 Å². The van der Waals surface area contributed by atoms with Gasteiger partial charge in [0.25, 0.3) is 0 Å². The minimum Gasteiger partial charge on any atom is -0.382 e. The second-order valence-corrected chi connectivity index (χ2v) is 3.45. The van der Waals surface area contributed by atoms with Crippen molar-refractivity contribution in [2.24, 2.45) is 0 Å². The Balaban J connectivity index is -0.000000160. The molecular weight excluding hydrogens is 198 g/mol. The van der Waals surface area contributed by atoms with E-state index >= 15 is 0 Å². The molecule has 0 heterocycles. The molecule has 0 atom stereocenters. The summed E-state index contributed by atoms with van der Waals surface area (Å²) in [7, 11) is 0. The van der Waals surface area contributed by atoms with Crippen LogP contribution >= 0.6 is 0 Å². The third-order valence-corrected chi connectivity index (χ3v) is 1.87. The second-order valence-electron chi connectivity index (χ2n) is 3.45. The molecular formula is C14H35NO. The van der Waals surface area contributed by atoms with Crippen molar-refractivity contribution in [1.29, 1.82) is 0 Å². The third kappa shape index (κ3) is 48.5. The average molecular weight is 233 g/mol. The number of rotatable bonds is 7. The van der Waals surface area contributed by atoms with E-state index < -0.39 is 0 Å². The zero-order valence-electron chi connectivity index (χ0n) is 12.6. The molecule has 2 nitrogen and oxygen atoms in total. The predicted molar refractivity (Wildman–Crippen MR) is 76.2 cm³/mol. The minimum atomic E-state index is 0.844. The summed E-state index contributed by atoms with van der Waals surface area (Å²) < 4.78 is 4.83. The molecule has 1 N–H and O–H groups in total. The highest BCUT2D eigenvalue weighted by atomic mass is 16.5. The summed E-state index contributed by atoms with van der Waals surface area (Å²) in [6, 6.07) is 0. The highest BCUT2D eigenvalue weighted by Gasteiger charge is 1.75. The van der Waals surface area contributed by atoms with Gasteiger partial charge >= 0.3 is 0 Å².